The van der Waals surface area contributed by atoms with Crippen LogP contribution in [0.4, 0.5) is 13.2 Å². The molecule has 0 aromatic heterocycles. The molecule has 1 saturated heterocycles. The highest BCUT2D eigenvalue weighted by atomic mass is 19.4. The molecule has 1 N–H and O–H groups in total. The Morgan fingerprint density at radius 2 is 1.67 bits per heavy atom. The van der Waals surface area contributed by atoms with E-state index in [4.69, 9.17) is 4.74 Å². The molecule has 2 fully saturated rings. The van der Waals surface area contributed by atoms with Crippen LogP contribution in [0.2, 0.25) is 0 Å². The molecule has 1 aromatic rings. The standard InChI is InChI=1S/C22H29F3N2O3/c23-22(24,25)15-30-19(16-7-3-1-4-8-16)20(28)26-18-11-13-27(14-12-18)21(29)17-9-5-2-6-10-17/h1,3-4,7-8,17-19H,2,5-6,9-15H2,(H,26,28)/t19-/m1/s1. The Kier molecular flexibility index (Phi) is 7.75. The fourth-order valence-electron chi connectivity index (χ4n) is 4.26. The Morgan fingerprint density at radius 3 is 2.27 bits per heavy atom. The fourth-order valence-corrected chi connectivity index (χ4v) is 4.26. The molecule has 1 atom stereocenters. The van der Waals surface area contributed by atoms with Gasteiger partial charge in [-0.25, -0.2) is 0 Å². The largest absolute Gasteiger partial charge is 0.411 e. The summed E-state index contributed by atoms with van der Waals surface area (Å²) in [5.74, 6) is -0.263. The summed E-state index contributed by atoms with van der Waals surface area (Å²) in [6.45, 7) is -0.381. The van der Waals surface area contributed by atoms with Crippen LogP contribution in [0.1, 0.15) is 56.6 Å². The molecule has 1 aliphatic heterocycles. The van der Waals surface area contributed by atoms with E-state index in [1.165, 1.54) is 6.42 Å². The molecule has 0 spiro atoms. The van der Waals surface area contributed by atoms with Gasteiger partial charge in [0, 0.05) is 25.0 Å². The summed E-state index contributed by atoms with van der Waals surface area (Å²) < 4.78 is 42.8. The lowest BCUT2D eigenvalue weighted by molar-refractivity contribution is -0.188. The van der Waals surface area contributed by atoms with Gasteiger partial charge in [-0.1, -0.05) is 49.6 Å². The minimum absolute atomic E-state index is 0.114. The second-order valence-corrected chi connectivity index (χ2v) is 8.16. The number of carbonyl (C=O) groups is 2. The third kappa shape index (κ3) is 6.45. The van der Waals surface area contributed by atoms with Gasteiger partial charge in [-0.05, 0) is 31.2 Å². The first-order valence-electron chi connectivity index (χ1n) is 10.7. The van der Waals surface area contributed by atoms with Crippen LogP contribution >= 0.6 is 0 Å². The number of halogens is 3. The monoisotopic (exact) mass is 426 g/mol. The van der Waals surface area contributed by atoms with Crippen molar-refractivity contribution in [2.24, 2.45) is 5.92 Å². The SMILES string of the molecule is O=C(NC1CCN(C(=O)C2CCCCC2)CC1)[C@H](OCC(F)(F)F)c1ccccc1. The number of carbonyl (C=O) groups excluding carboxylic acids is 2. The van der Waals surface area contributed by atoms with Gasteiger partial charge in [-0.2, -0.15) is 13.2 Å². The smallest absolute Gasteiger partial charge is 0.354 e. The molecule has 1 aliphatic carbocycles. The molecular weight excluding hydrogens is 397 g/mol. The number of alkyl halides is 3. The zero-order valence-corrected chi connectivity index (χ0v) is 17.0. The Balaban J connectivity index is 1.54. The molecular formula is C22H29F3N2O3. The van der Waals surface area contributed by atoms with E-state index >= 15 is 0 Å². The summed E-state index contributed by atoms with van der Waals surface area (Å²) in [5, 5.41) is 2.82. The summed E-state index contributed by atoms with van der Waals surface area (Å²) in [5.41, 5.74) is 0.379. The molecule has 0 unspecified atom stereocenters. The number of rotatable bonds is 6. The molecule has 0 radical (unpaired) electrons. The lowest BCUT2D eigenvalue weighted by Gasteiger charge is -2.36. The van der Waals surface area contributed by atoms with Gasteiger partial charge in [0.1, 0.15) is 6.61 Å². The van der Waals surface area contributed by atoms with Crippen LogP contribution in [-0.2, 0) is 14.3 Å². The van der Waals surface area contributed by atoms with Crippen LogP contribution in [0.3, 0.4) is 0 Å². The van der Waals surface area contributed by atoms with E-state index in [0.717, 1.165) is 25.7 Å². The minimum atomic E-state index is -4.52. The van der Waals surface area contributed by atoms with Crippen LogP contribution in [0.25, 0.3) is 0 Å². The van der Waals surface area contributed by atoms with Gasteiger partial charge in [-0.15, -0.1) is 0 Å². The molecule has 30 heavy (non-hydrogen) atoms. The van der Waals surface area contributed by atoms with Gasteiger partial charge >= 0.3 is 6.18 Å². The molecule has 2 aliphatic rings. The van der Waals surface area contributed by atoms with Crippen molar-refractivity contribution in [2.75, 3.05) is 19.7 Å². The van der Waals surface area contributed by atoms with Gasteiger partial charge in [0.15, 0.2) is 6.10 Å². The van der Waals surface area contributed by atoms with Crippen molar-refractivity contribution in [1.82, 2.24) is 10.2 Å². The summed E-state index contributed by atoms with van der Waals surface area (Å²) in [7, 11) is 0. The number of hydrogen-bond donors (Lipinski definition) is 1. The van der Waals surface area contributed by atoms with Crippen molar-refractivity contribution < 1.29 is 27.5 Å². The van der Waals surface area contributed by atoms with E-state index in [0.29, 0.717) is 31.5 Å². The highest BCUT2D eigenvalue weighted by molar-refractivity contribution is 5.82. The molecule has 166 valence electrons. The van der Waals surface area contributed by atoms with Crippen molar-refractivity contribution in [3.05, 3.63) is 35.9 Å². The van der Waals surface area contributed by atoms with Crippen LogP contribution in [0, 0.1) is 5.92 Å². The number of amides is 2. The van der Waals surface area contributed by atoms with E-state index in [2.05, 4.69) is 5.32 Å². The average molecular weight is 426 g/mol. The van der Waals surface area contributed by atoms with Gasteiger partial charge < -0.3 is 15.0 Å². The second kappa shape index (κ2) is 10.3. The lowest BCUT2D eigenvalue weighted by atomic mass is 9.87. The molecule has 1 heterocycles. The predicted molar refractivity (Wildman–Crippen MR) is 106 cm³/mol. The van der Waals surface area contributed by atoms with Crippen molar-refractivity contribution in [2.45, 2.75) is 63.3 Å². The average Bonchev–Trinajstić information content (AvgIpc) is 2.74. The van der Waals surface area contributed by atoms with E-state index in [1.54, 1.807) is 30.3 Å². The molecule has 0 bridgehead atoms. The van der Waals surface area contributed by atoms with Gasteiger partial charge in [0.05, 0.1) is 0 Å². The first-order chi connectivity index (χ1) is 14.3. The lowest BCUT2D eigenvalue weighted by Crippen LogP contribution is -2.49. The first kappa shape index (κ1) is 22.6. The summed E-state index contributed by atoms with van der Waals surface area (Å²) in [4.78, 5) is 27.2. The second-order valence-electron chi connectivity index (χ2n) is 8.16. The van der Waals surface area contributed by atoms with Crippen LogP contribution in [0.5, 0.6) is 0 Å². The van der Waals surface area contributed by atoms with Crippen molar-refractivity contribution in [3.8, 4) is 0 Å². The Hall–Kier alpha value is -2.09. The number of likely N-dealkylation sites (tertiary alicyclic amines) is 1. The van der Waals surface area contributed by atoms with Gasteiger partial charge in [0.2, 0.25) is 5.91 Å². The maximum absolute atomic E-state index is 12.7. The van der Waals surface area contributed by atoms with Crippen LogP contribution < -0.4 is 5.32 Å². The number of hydrogen-bond acceptors (Lipinski definition) is 3. The maximum Gasteiger partial charge on any atom is 0.411 e. The zero-order valence-electron chi connectivity index (χ0n) is 17.0. The molecule has 1 aromatic carbocycles. The molecule has 1 saturated carbocycles. The fraction of sp³-hybridized carbons (Fsp3) is 0.636. The predicted octanol–water partition coefficient (Wildman–Crippen LogP) is 3.99. The molecule has 3 rings (SSSR count). The maximum atomic E-state index is 12.7. The number of ether oxygens (including phenoxy) is 1. The number of nitrogens with zero attached hydrogens (tertiary/aromatic N) is 1. The molecule has 8 heteroatoms. The van der Waals surface area contributed by atoms with E-state index < -0.39 is 24.8 Å². The third-order valence-electron chi connectivity index (χ3n) is 5.86. The topological polar surface area (TPSA) is 58.6 Å². The number of benzene rings is 1. The number of nitrogens with one attached hydrogen (secondary N) is 1. The number of piperidine rings is 1. The quantitative estimate of drug-likeness (QED) is 0.748. The van der Waals surface area contributed by atoms with Crippen LogP contribution in [0.15, 0.2) is 30.3 Å². The summed E-state index contributed by atoms with van der Waals surface area (Å²) in [6, 6.07) is 8.00. The highest BCUT2D eigenvalue weighted by Crippen LogP contribution is 2.27. The highest BCUT2D eigenvalue weighted by Gasteiger charge is 2.34. The van der Waals surface area contributed by atoms with Gasteiger partial charge in [0.25, 0.3) is 5.91 Å². The summed E-state index contributed by atoms with van der Waals surface area (Å²) in [6.07, 6.45) is 0.624. The Bertz CT molecular complexity index is 697. The third-order valence-corrected chi connectivity index (χ3v) is 5.86. The summed E-state index contributed by atoms with van der Waals surface area (Å²) >= 11 is 0. The Morgan fingerprint density at radius 1 is 1.03 bits per heavy atom. The normalized spacial score (nSPS) is 20.0. The Labute approximate surface area is 175 Å². The van der Waals surface area contributed by atoms with Crippen molar-refractivity contribution >= 4 is 11.8 Å². The van der Waals surface area contributed by atoms with E-state index in [1.807, 2.05) is 4.90 Å². The van der Waals surface area contributed by atoms with E-state index in [-0.39, 0.29) is 17.9 Å². The van der Waals surface area contributed by atoms with Crippen LogP contribution in [-0.4, -0.2) is 48.6 Å². The van der Waals surface area contributed by atoms with Gasteiger partial charge in [-0.3, -0.25) is 9.59 Å². The minimum Gasteiger partial charge on any atom is -0.354 e. The van der Waals surface area contributed by atoms with Crippen molar-refractivity contribution in [3.63, 3.8) is 0 Å². The van der Waals surface area contributed by atoms with E-state index in [9.17, 15) is 22.8 Å². The first-order valence-corrected chi connectivity index (χ1v) is 10.7. The van der Waals surface area contributed by atoms with Crippen molar-refractivity contribution in [1.29, 1.82) is 0 Å². The molecule has 2 amide bonds. The zero-order chi connectivity index (χ0) is 21.6. The molecule has 5 nitrogen and oxygen atoms in total.